The van der Waals surface area contributed by atoms with Crippen molar-refractivity contribution in [3.63, 3.8) is 0 Å². The molecule has 0 bridgehead atoms. The third-order valence-corrected chi connectivity index (χ3v) is 3.78. The molecule has 0 aromatic carbocycles. The molecule has 1 atom stereocenters. The van der Waals surface area contributed by atoms with Gasteiger partial charge in [-0.15, -0.1) is 0 Å². The Labute approximate surface area is 106 Å². The molecule has 104 valence electrons. The summed E-state index contributed by atoms with van der Waals surface area (Å²) in [5.74, 6) is 0. The average molecular weight is 406 g/mol. The first kappa shape index (κ1) is 17.3. The van der Waals surface area contributed by atoms with E-state index in [-0.39, 0.29) is 0 Å². The quantitative estimate of drug-likeness (QED) is 0.450. The van der Waals surface area contributed by atoms with Gasteiger partial charge in [-0.1, -0.05) is 31.9 Å². The Bertz CT molecular complexity index is 248. The van der Waals surface area contributed by atoms with Crippen LogP contribution in [0.1, 0.15) is 6.42 Å². The Balaban J connectivity index is 5.27. The van der Waals surface area contributed by atoms with Crippen LogP contribution in [0.4, 0.5) is 39.5 Å². The van der Waals surface area contributed by atoms with Gasteiger partial charge in [-0.3, -0.25) is 0 Å². The van der Waals surface area contributed by atoms with E-state index in [1.54, 1.807) is 15.9 Å². The Morgan fingerprint density at radius 2 is 1.06 bits per heavy atom. The summed E-state index contributed by atoms with van der Waals surface area (Å²) in [5, 5.41) is 0. The molecule has 0 aromatic heterocycles. The van der Waals surface area contributed by atoms with Gasteiger partial charge >= 0.3 is 18.5 Å². The van der Waals surface area contributed by atoms with E-state index >= 15 is 0 Å². The maximum Gasteiger partial charge on any atom is 0.412 e. The molecule has 0 heterocycles. The lowest BCUT2D eigenvalue weighted by molar-refractivity contribution is -0.267. The molecular weight excluding hydrogens is 403 g/mol. The van der Waals surface area contributed by atoms with Crippen LogP contribution in [-0.2, 0) is 0 Å². The van der Waals surface area contributed by atoms with Crippen LogP contribution in [0.25, 0.3) is 0 Å². The van der Waals surface area contributed by atoms with Gasteiger partial charge in [0.1, 0.15) is 4.83 Å². The van der Waals surface area contributed by atoms with Gasteiger partial charge in [-0.25, -0.2) is 0 Å². The molecule has 0 fully saturated rings. The number of halogens is 11. The van der Waals surface area contributed by atoms with Crippen molar-refractivity contribution in [3.8, 4) is 0 Å². The molecular formula is C6H3Br2F9. The normalized spacial score (nSPS) is 17.1. The fraction of sp³-hybridized carbons (Fsp3) is 1.00. The molecule has 0 amide bonds. The Hall–Kier alpha value is 0.330. The number of rotatable bonds is 2. The van der Waals surface area contributed by atoms with Crippen molar-refractivity contribution in [1.29, 1.82) is 0 Å². The molecule has 0 spiro atoms. The van der Waals surface area contributed by atoms with Crippen molar-refractivity contribution in [3.05, 3.63) is 0 Å². The predicted octanol–water partition coefficient (Wildman–Crippen LogP) is 4.96. The lowest BCUT2D eigenvalue weighted by Crippen LogP contribution is -2.54. The Morgan fingerprint density at radius 1 is 0.765 bits per heavy atom. The number of hydrogen-bond acceptors (Lipinski definition) is 0. The van der Waals surface area contributed by atoms with Crippen LogP contribution in [0.15, 0.2) is 0 Å². The van der Waals surface area contributed by atoms with Gasteiger partial charge in [0, 0.05) is 6.42 Å². The smallest absolute Gasteiger partial charge is 0.170 e. The summed E-state index contributed by atoms with van der Waals surface area (Å²) in [6.45, 7) is 0. The van der Waals surface area contributed by atoms with Crippen molar-refractivity contribution in [2.45, 2.75) is 34.1 Å². The van der Waals surface area contributed by atoms with Gasteiger partial charge in [0.15, 0.2) is 0 Å². The highest BCUT2D eigenvalue weighted by atomic mass is 79.9. The average Bonchev–Trinajstić information content (AvgIpc) is 1.97. The second-order valence-electron chi connectivity index (χ2n) is 3.01. The van der Waals surface area contributed by atoms with Crippen molar-refractivity contribution in [2.24, 2.45) is 0 Å². The van der Waals surface area contributed by atoms with E-state index in [1.165, 1.54) is 15.9 Å². The number of hydrogen-bond donors (Lipinski definition) is 0. The van der Waals surface area contributed by atoms with E-state index in [9.17, 15) is 39.5 Å². The summed E-state index contributed by atoms with van der Waals surface area (Å²) >= 11 is 3.10. The van der Waals surface area contributed by atoms with E-state index in [0.29, 0.717) is 0 Å². The Morgan fingerprint density at radius 3 is 1.24 bits per heavy atom. The summed E-state index contributed by atoms with van der Waals surface area (Å²) in [6.07, 6.45) is -19.3. The van der Waals surface area contributed by atoms with Gasteiger partial charge in [0.25, 0.3) is 0 Å². The molecule has 1 unspecified atom stereocenters. The fourth-order valence-electron chi connectivity index (χ4n) is 0.755. The summed E-state index contributed by atoms with van der Waals surface area (Å²) in [6, 6.07) is 0. The first-order valence-electron chi connectivity index (χ1n) is 3.66. The monoisotopic (exact) mass is 404 g/mol. The Kier molecular flexibility index (Phi) is 4.87. The zero-order valence-corrected chi connectivity index (χ0v) is 10.6. The largest absolute Gasteiger partial charge is 0.412 e. The van der Waals surface area contributed by atoms with E-state index in [4.69, 9.17) is 0 Å². The topological polar surface area (TPSA) is 0 Å². The summed E-state index contributed by atoms with van der Waals surface area (Å²) in [7, 11) is 0. The highest BCUT2D eigenvalue weighted by Crippen LogP contribution is 2.54. The van der Waals surface area contributed by atoms with E-state index in [2.05, 4.69) is 0 Å². The standard InChI is InChI=1S/C6H3Br2F9/c7-2(4(9,10)11)1-3(8,5(12,13)14)6(15,16)17/h2H,1H2. The lowest BCUT2D eigenvalue weighted by atomic mass is 10.0. The third-order valence-electron chi connectivity index (χ3n) is 1.71. The molecule has 11 heteroatoms. The lowest BCUT2D eigenvalue weighted by Gasteiger charge is -2.33. The highest BCUT2D eigenvalue weighted by molar-refractivity contribution is 9.10. The van der Waals surface area contributed by atoms with Gasteiger partial charge in [0.2, 0.25) is 4.32 Å². The minimum Gasteiger partial charge on any atom is -0.170 e. The first-order chi connectivity index (χ1) is 7.13. The second kappa shape index (κ2) is 4.78. The summed E-state index contributed by atoms with van der Waals surface area (Å²) in [4.78, 5) is -2.93. The van der Waals surface area contributed by atoms with Crippen LogP contribution < -0.4 is 0 Å². The molecule has 0 N–H and O–H groups in total. The summed E-state index contributed by atoms with van der Waals surface area (Å²) < 4.78 is 104. The SMILES string of the molecule is FC(F)(F)C(Br)CC(Br)(C(F)(F)F)C(F)(F)F. The van der Waals surface area contributed by atoms with Crippen molar-refractivity contribution >= 4 is 31.9 Å². The van der Waals surface area contributed by atoms with Crippen LogP contribution in [0, 0.1) is 0 Å². The highest BCUT2D eigenvalue weighted by Gasteiger charge is 2.70. The van der Waals surface area contributed by atoms with Crippen LogP contribution in [0.5, 0.6) is 0 Å². The van der Waals surface area contributed by atoms with Gasteiger partial charge in [0.05, 0.1) is 0 Å². The molecule has 0 saturated carbocycles. The molecule has 0 aliphatic carbocycles. The van der Waals surface area contributed by atoms with Crippen LogP contribution in [-0.4, -0.2) is 27.7 Å². The maximum atomic E-state index is 12.2. The van der Waals surface area contributed by atoms with Crippen molar-refractivity contribution < 1.29 is 39.5 Å². The van der Waals surface area contributed by atoms with Gasteiger partial charge in [-0.2, -0.15) is 39.5 Å². The maximum absolute atomic E-state index is 12.2. The minimum absolute atomic E-state index is 1.34. The second-order valence-corrected chi connectivity index (χ2v) is 5.47. The fourth-order valence-corrected chi connectivity index (χ4v) is 2.00. The van der Waals surface area contributed by atoms with Gasteiger partial charge < -0.3 is 0 Å². The van der Waals surface area contributed by atoms with E-state index < -0.39 is 34.1 Å². The molecule has 0 radical (unpaired) electrons. The number of alkyl halides is 11. The van der Waals surface area contributed by atoms with E-state index in [1.807, 2.05) is 0 Å². The molecule has 0 aromatic rings. The first-order valence-corrected chi connectivity index (χ1v) is 5.37. The predicted molar refractivity (Wildman–Crippen MR) is 47.2 cm³/mol. The zero-order chi connectivity index (χ0) is 14.3. The molecule has 17 heavy (non-hydrogen) atoms. The molecule has 0 aliphatic heterocycles. The van der Waals surface area contributed by atoms with Crippen LogP contribution in [0.2, 0.25) is 0 Å². The summed E-state index contributed by atoms with van der Waals surface area (Å²) in [5.41, 5.74) is 0. The zero-order valence-electron chi connectivity index (χ0n) is 7.44. The molecule has 0 aliphatic rings. The van der Waals surface area contributed by atoms with Crippen LogP contribution >= 0.6 is 31.9 Å². The van der Waals surface area contributed by atoms with Gasteiger partial charge in [-0.05, 0) is 0 Å². The molecule has 0 nitrogen and oxygen atoms in total. The van der Waals surface area contributed by atoms with E-state index in [0.717, 1.165) is 0 Å². The van der Waals surface area contributed by atoms with Crippen LogP contribution in [0.3, 0.4) is 0 Å². The van der Waals surface area contributed by atoms with Crippen molar-refractivity contribution in [1.82, 2.24) is 0 Å². The third kappa shape index (κ3) is 3.90. The molecule has 0 saturated heterocycles. The minimum atomic E-state index is -5.90. The molecule has 0 rings (SSSR count). The van der Waals surface area contributed by atoms with Crippen molar-refractivity contribution in [2.75, 3.05) is 0 Å².